The first-order valence-corrected chi connectivity index (χ1v) is 12.7. The number of benzene rings is 2. The second-order valence-electron chi connectivity index (χ2n) is 8.61. The lowest BCUT2D eigenvalue weighted by Crippen LogP contribution is -2.44. The molecule has 4 aromatic rings. The third-order valence-corrected chi connectivity index (χ3v) is 7.15. The van der Waals surface area contributed by atoms with Crippen molar-refractivity contribution in [2.24, 2.45) is 0 Å². The highest BCUT2D eigenvalue weighted by atomic mass is 32.2. The Morgan fingerprint density at radius 1 is 1.03 bits per heavy atom. The molecule has 1 aliphatic heterocycles. The van der Waals surface area contributed by atoms with Crippen molar-refractivity contribution in [3.05, 3.63) is 82.5 Å². The van der Waals surface area contributed by atoms with Gasteiger partial charge in [0.15, 0.2) is 0 Å². The maximum atomic E-state index is 14.6. The molecule has 1 N–H and O–H groups in total. The average Bonchev–Trinajstić information content (AvgIpc) is 2.87. The van der Waals surface area contributed by atoms with Gasteiger partial charge in [-0.05, 0) is 55.8 Å². The summed E-state index contributed by atoms with van der Waals surface area (Å²) in [6.07, 6.45) is 3.57. The van der Waals surface area contributed by atoms with Crippen molar-refractivity contribution < 1.29 is 4.39 Å². The van der Waals surface area contributed by atoms with Crippen LogP contribution in [0.4, 0.5) is 21.7 Å². The van der Waals surface area contributed by atoms with E-state index in [0.29, 0.717) is 22.5 Å². The predicted molar refractivity (Wildman–Crippen MR) is 141 cm³/mol. The highest BCUT2D eigenvalue weighted by Crippen LogP contribution is 2.25. The number of fused-ring (bicyclic) bond motifs is 1. The lowest BCUT2D eigenvalue weighted by Gasteiger charge is -2.34. The number of nitrogens with one attached hydrogen (secondary N) is 1. The summed E-state index contributed by atoms with van der Waals surface area (Å²) in [4.78, 5) is 27.3. The van der Waals surface area contributed by atoms with Gasteiger partial charge in [0, 0.05) is 65.7 Å². The predicted octanol–water partition coefficient (Wildman–Crippen LogP) is 4.20. The zero-order valence-electron chi connectivity index (χ0n) is 19.7. The van der Waals surface area contributed by atoms with Crippen molar-refractivity contribution in [2.75, 3.05) is 49.7 Å². The van der Waals surface area contributed by atoms with Crippen LogP contribution in [0.5, 0.6) is 0 Å². The Kier molecular flexibility index (Phi) is 6.70. The van der Waals surface area contributed by atoms with Gasteiger partial charge < -0.3 is 15.1 Å². The first-order valence-electron chi connectivity index (χ1n) is 11.5. The van der Waals surface area contributed by atoms with Crippen molar-refractivity contribution in [2.45, 2.75) is 11.4 Å². The van der Waals surface area contributed by atoms with Crippen molar-refractivity contribution in [3.8, 4) is 0 Å². The number of pyridine rings is 1. The van der Waals surface area contributed by atoms with E-state index in [1.807, 2.05) is 24.5 Å². The fourth-order valence-electron chi connectivity index (χ4n) is 4.28. The Balaban J connectivity index is 1.42. The first kappa shape index (κ1) is 23.3. The number of thioether (sulfide) groups is 1. The summed E-state index contributed by atoms with van der Waals surface area (Å²) in [7, 11) is 2.14. The van der Waals surface area contributed by atoms with Crippen LogP contribution in [0.3, 0.4) is 0 Å². The van der Waals surface area contributed by atoms with E-state index in [-0.39, 0.29) is 17.9 Å². The number of piperazine rings is 1. The molecule has 3 heterocycles. The van der Waals surface area contributed by atoms with E-state index in [4.69, 9.17) is 0 Å². The van der Waals surface area contributed by atoms with Crippen LogP contribution in [0.25, 0.3) is 11.0 Å². The van der Waals surface area contributed by atoms with Crippen LogP contribution in [0.2, 0.25) is 0 Å². The van der Waals surface area contributed by atoms with E-state index < -0.39 is 0 Å². The molecule has 1 fully saturated rings. The van der Waals surface area contributed by atoms with Crippen molar-refractivity contribution in [1.82, 2.24) is 19.4 Å². The van der Waals surface area contributed by atoms with Gasteiger partial charge in [0.05, 0.1) is 6.54 Å². The highest BCUT2D eigenvalue weighted by Gasteiger charge is 2.15. The third kappa shape index (κ3) is 5.01. The molecular formula is C26H27FN6OS. The third-order valence-electron chi connectivity index (χ3n) is 6.33. The van der Waals surface area contributed by atoms with Gasteiger partial charge in [-0.2, -0.15) is 4.98 Å². The summed E-state index contributed by atoms with van der Waals surface area (Å²) < 4.78 is 16.1. The summed E-state index contributed by atoms with van der Waals surface area (Å²) in [5.74, 6) is 0.0384. The fraction of sp³-hybridized carbons (Fsp3) is 0.269. The minimum Gasteiger partial charge on any atom is -0.369 e. The summed E-state index contributed by atoms with van der Waals surface area (Å²) >= 11 is 1.45. The molecule has 1 aliphatic rings. The second kappa shape index (κ2) is 10.1. The zero-order chi connectivity index (χ0) is 24.4. The van der Waals surface area contributed by atoms with E-state index in [0.717, 1.165) is 36.8 Å². The molecule has 0 atom stereocenters. The Hall–Kier alpha value is -3.43. The van der Waals surface area contributed by atoms with Crippen LogP contribution >= 0.6 is 11.8 Å². The van der Waals surface area contributed by atoms with E-state index in [9.17, 15) is 9.18 Å². The average molecular weight is 491 g/mol. The minimum atomic E-state index is -0.339. The molecule has 5 rings (SSSR count). The van der Waals surface area contributed by atoms with Crippen LogP contribution < -0.4 is 15.8 Å². The van der Waals surface area contributed by atoms with Gasteiger partial charge >= 0.3 is 0 Å². The number of likely N-dealkylation sites (N-methyl/N-ethyl adjacent to an activating group) is 1. The smallest absolute Gasteiger partial charge is 0.252 e. The van der Waals surface area contributed by atoms with Crippen molar-refractivity contribution >= 4 is 40.1 Å². The van der Waals surface area contributed by atoms with Crippen molar-refractivity contribution in [1.29, 1.82) is 0 Å². The molecule has 0 bridgehead atoms. The number of rotatable bonds is 6. The summed E-state index contributed by atoms with van der Waals surface area (Å²) in [6.45, 7) is 4.22. The molecule has 35 heavy (non-hydrogen) atoms. The lowest BCUT2D eigenvalue weighted by molar-refractivity contribution is 0.313. The van der Waals surface area contributed by atoms with Gasteiger partial charge in [0.2, 0.25) is 5.95 Å². The Labute approximate surface area is 207 Å². The monoisotopic (exact) mass is 490 g/mol. The normalized spacial score (nSPS) is 14.4. The van der Waals surface area contributed by atoms with Gasteiger partial charge in [0.25, 0.3) is 5.56 Å². The summed E-state index contributed by atoms with van der Waals surface area (Å²) in [5, 5.41) is 3.95. The molecule has 0 radical (unpaired) electrons. The highest BCUT2D eigenvalue weighted by molar-refractivity contribution is 7.98. The quantitative estimate of drug-likeness (QED) is 0.407. The molecule has 9 heteroatoms. The molecule has 0 saturated carbocycles. The molecule has 0 aliphatic carbocycles. The van der Waals surface area contributed by atoms with Gasteiger partial charge in [-0.1, -0.05) is 6.07 Å². The van der Waals surface area contributed by atoms with E-state index in [2.05, 4.69) is 44.3 Å². The standard InChI is InChI=1S/C26H27FN6OS/c1-31-12-14-32(15-13-31)20-9-7-19(8-10-20)29-26-28-16-18-6-11-24(34)33(25(18)30-26)17-21-22(27)4-3-5-23(21)35-2/h3-11,16H,12-15,17H2,1-2H3,(H,28,29,30). The van der Waals surface area contributed by atoms with Gasteiger partial charge in [0.1, 0.15) is 11.5 Å². The minimum absolute atomic E-state index is 0.0925. The van der Waals surface area contributed by atoms with Gasteiger partial charge in [-0.15, -0.1) is 11.8 Å². The first-order chi connectivity index (χ1) is 17.0. The summed E-state index contributed by atoms with van der Waals surface area (Å²) in [6, 6.07) is 16.3. The van der Waals surface area contributed by atoms with E-state index >= 15 is 0 Å². The molecule has 2 aromatic carbocycles. The maximum absolute atomic E-state index is 14.6. The molecule has 0 spiro atoms. The Morgan fingerprint density at radius 2 is 1.80 bits per heavy atom. The van der Waals surface area contributed by atoms with Gasteiger partial charge in [-0.3, -0.25) is 9.36 Å². The van der Waals surface area contributed by atoms with E-state index in [1.54, 1.807) is 18.3 Å². The van der Waals surface area contributed by atoms with Crippen LogP contribution in [-0.2, 0) is 6.54 Å². The van der Waals surface area contributed by atoms with Crippen molar-refractivity contribution in [3.63, 3.8) is 0 Å². The second-order valence-corrected chi connectivity index (χ2v) is 9.46. The Bertz CT molecular complexity index is 1400. The number of hydrogen-bond acceptors (Lipinski definition) is 7. The molecule has 2 aromatic heterocycles. The fourth-order valence-corrected chi connectivity index (χ4v) is 4.90. The number of halogens is 1. The number of nitrogens with zero attached hydrogens (tertiary/aromatic N) is 5. The molecule has 0 amide bonds. The summed E-state index contributed by atoms with van der Waals surface area (Å²) in [5.41, 5.74) is 2.73. The van der Waals surface area contributed by atoms with Crippen LogP contribution in [0.1, 0.15) is 5.56 Å². The van der Waals surface area contributed by atoms with Gasteiger partial charge in [-0.25, -0.2) is 9.37 Å². The topological polar surface area (TPSA) is 66.3 Å². The molecule has 180 valence electrons. The SMILES string of the molecule is CSc1cccc(F)c1Cn1c(=O)ccc2cnc(Nc3ccc(N4CCN(C)CC4)cc3)nc21. The molecule has 1 saturated heterocycles. The lowest BCUT2D eigenvalue weighted by atomic mass is 10.2. The Morgan fingerprint density at radius 3 is 2.54 bits per heavy atom. The number of anilines is 3. The van der Waals surface area contributed by atoms with Crippen LogP contribution in [-0.4, -0.2) is 58.9 Å². The number of hydrogen-bond donors (Lipinski definition) is 1. The van der Waals surface area contributed by atoms with Crippen LogP contribution in [0.15, 0.2) is 70.5 Å². The zero-order valence-corrected chi connectivity index (χ0v) is 20.6. The van der Waals surface area contributed by atoms with E-state index in [1.165, 1.54) is 34.1 Å². The maximum Gasteiger partial charge on any atom is 0.252 e. The number of aromatic nitrogens is 3. The van der Waals surface area contributed by atoms with Crippen LogP contribution in [0, 0.1) is 5.82 Å². The largest absolute Gasteiger partial charge is 0.369 e. The molecule has 0 unspecified atom stereocenters. The molecule has 7 nitrogen and oxygen atoms in total. The molecular weight excluding hydrogens is 463 g/mol.